The maximum Gasteiger partial charge on any atom is 0.123 e. The summed E-state index contributed by atoms with van der Waals surface area (Å²) in [5.74, 6) is -0.269. The molecule has 0 fully saturated rings. The van der Waals surface area contributed by atoms with Crippen molar-refractivity contribution < 1.29 is 4.39 Å². The number of nitrogens with one attached hydrogen (secondary N) is 1. The molecule has 0 aliphatic rings. The molecule has 1 atom stereocenters. The van der Waals surface area contributed by atoms with Crippen LogP contribution in [-0.4, -0.2) is 7.05 Å². The molecule has 2 rings (SSSR count). The van der Waals surface area contributed by atoms with Crippen LogP contribution in [0, 0.1) is 5.82 Å². The predicted molar refractivity (Wildman–Crippen MR) is 88.8 cm³/mol. The van der Waals surface area contributed by atoms with Crippen molar-refractivity contribution in [3.63, 3.8) is 0 Å². The molecule has 0 aromatic heterocycles. The maximum atomic E-state index is 13.3. The van der Waals surface area contributed by atoms with E-state index in [1.807, 2.05) is 25.2 Å². The molecule has 0 amide bonds. The number of hydrogen-bond donors (Lipinski definition) is 1. The van der Waals surface area contributed by atoms with Crippen LogP contribution >= 0.6 is 43.5 Å². The van der Waals surface area contributed by atoms with Crippen molar-refractivity contribution in [2.24, 2.45) is 0 Å². The smallest absolute Gasteiger partial charge is 0.123 e. The summed E-state index contributed by atoms with van der Waals surface area (Å²) < 4.78 is 15.3. The summed E-state index contributed by atoms with van der Waals surface area (Å²) in [5.41, 5.74) is 1.90. The molecule has 1 unspecified atom stereocenters. The normalized spacial score (nSPS) is 12.4. The van der Waals surface area contributed by atoms with Crippen molar-refractivity contribution >= 4 is 43.5 Å². The van der Waals surface area contributed by atoms with Crippen LogP contribution in [0.4, 0.5) is 4.39 Å². The fraction of sp³-hybridized carbons (Fsp3) is 0.200. The van der Waals surface area contributed by atoms with Crippen molar-refractivity contribution in [2.75, 3.05) is 7.05 Å². The van der Waals surface area contributed by atoms with E-state index in [9.17, 15) is 4.39 Å². The minimum atomic E-state index is -0.269. The summed E-state index contributed by atoms with van der Waals surface area (Å²) in [7, 11) is 1.88. The maximum absolute atomic E-state index is 13.3. The molecule has 1 N–H and O–H groups in total. The molecule has 5 heteroatoms. The molecular formula is C15H13Br2ClFN. The van der Waals surface area contributed by atoms with Gasteiger partial charge in [0.1, 0.15) is 5.82 Å². The standard InChI is InChI=1S/C15H13Br2ClFN/c1-20-15(12-4-2-10(16)8-13(12)17)7-9-6-11(19)3-5-14(9)18/h2-6,8,15,20H,7H2,1H3. The first-order valence-corrected chi connectivity index (χ1v) is 8.04. The van der Waals surface area contributed by atoms with Crippen molar-refractivity contribution in [2.45, 2.75) is 12.5 Å². The monoisotopic (exact) mass is 419 g/mol. The van der Waals surface area contributed by atoms with Crippen LogP contribution in [0.3, 0.4) is 0 Å². The van der Waals surface area contributed by atoms with Gasteiger partial charge in [-0.15, -0.1) is 0 Å². The average molecular weight is 422 g/mol. The first-order valence-electron chi connectivity index (χ1n) is 6.07. The molecule has 0 aliphatic carbocycles. The van der Waals surface area contributed by atoms with E-state index in [2.05, 4.69) is 37.2 Å². The number of likely N-dealkylation sites (N-methyl/N-ethyl adjacent to an activating group) is 1. The number of rotatable bonds is 4. The lowest BCUT2D eigenvalue weighted by Crippen LogP contribution is -2.19. The highest BCUT2D eigenvalue weighted by Gasteiger charge is 2.15. The number of benzene rings is 2. The van der Waals surface area contributed by atoms with Crippen molar-refractivity contribution in [1.82, 2.24) is 5.32 Å². The van der Waals surface area contributed by atoms with Crippen LogP contribution in [0.1, 0.15) is 17.2 Å². The third-order valence-electron chi connectivity index (χ3n) is 3.12. The van der Waals surface area contributed by atoms with Crippen LogP contribution in [-0.2, 0) is 6.42 Å². The van der Waals surface area contributed by atoms with E-state index in [1.54, 1.807) is 6.07 Å². The Kier molecular flexibility index (Phi) is 5.61. The molecule has 2 aromatic rings. The summed E-state index contributed by atoms with van der Waals surface area (Å²) in [6.45, 7) is 0. The molecule has 0 bridgehead atoms. The van der Waals surface area contributed by atoms with Crippen molar-refractivity contribution in [3.8, 4) is 0 Å². The molecule has 2 aromatic carbocycles. The quantitative estimate of drug-likeness (QED) is 0.687. The van der Waals surface area contributed by atoms with E-state index in [4.69, 9.17) is 11.6 Å². The Labute approximate surface area is 139 Å². The molecular weight excluding hydrogens is 408 g/mol. The van der Waals surface area contributed by atoms with Crippen molar-refractivity contribution in [1.29, 1.82) is 0 Å². The molecule has 0 saturated carbocycles. The minimum absolute atomic E-state index is 0.0526. The topological polar surface area (TPSA) is 12.0 Å². The molecule has 0 heterocycles. The van der Waals surface area contributed by atoms with Gasteiger partial charge in [-0.2, -0.15) is 0 Å². The van der Waals surface area contributed by atoms with E-state index >= 15 is 0 Å². The summed E-state index contributed by atoms with van der Waals surface area (Å²) in [6.07, 6.45) is 0.618. The van der Waals surface area contributed by atoms with Gasteiger partial charge in [0.05, 0.1) is 0 Å². The van der Waals surface area contributed by atoms with Gasteiger partial charge in [0.25, 0.3) is 0 Å². The van der Waals surface area contributed by atoms with Gasteiger partial charge in [-0.1, -0.05) is 49.5 Å². The zero-order chi connectivity index (χ0) is 14.7. The van der Waals surface area contributed by atoms with Crippen molar-refractivity contribution in [3.05, 3.63) is 67.3 Å². The summed E-state index contributed by atoms with van der Waals surface area (Å²) >= 11 is 13.1. The first-order chi connectivity index (χ1) is 9.51. The second-order valence-electron chi connectivity index (χ2n) is 4.45. The van der Waals surface area contributed by atoms with Crippen LogP contribution in [0.15, 0.2) is 45.3 Å². The average Bonchev–Trinajstić information content (AvgIpc) is 2.40. The van der Waals surface area contributed by atoms with E-state index < -0.39 is 0 Å². The van der Waals surface area contributed by atoms with Gasteiger partial charge in [-0.05, 0) is 54.9 Å². The van der Waals surface area contributed by atoms with Crippen LogP contribution < -0.4 is 5.32 Å². The number of halogens is 4. The second-order valence-corrected chi connectivity index (χ2v) is 6.62. The Morgan fingerprint density at radius 1 is 1.20 bits per heavy atom. The minimum Gasteiger partial charge on any atom is -0.313 e. The predicted octanol–water partition coefficient (Wildman–Crippen LogP) is 5.51. The SMILES string of the molecule is CNC(Cc1cc(F)ccc1Cl)c1ccc(Br)cc1Br. The lowest BCUT2D eigenvalue weighted by molar-refractivity contribution is 0.582. The Balaban J connectivity index is 2.31. The van der Waals surface area contributed by atoms with E-state index in [0.717, 1.165) is 20.1 Å². The lowest BCUT2D eigenvalue weighted by Gasteiger charge is -2.19. The Hall–Kier alpha value is -0.420. The summed E-state index contributed by atoms with van der Waals surface area (Å²) in [6, 6.07) is 10.5. The largest absolute Gasteiger partial charge is 0.313 e. The van der Waals surface area contributed by atoms with Gasteiger partial charge in [-0.3, -0.25) is 0 Å². The fourth-order valence-electron chi connectivity index (χ4n) is 2.07. The highest BCUT2D eigenvalue weighted by molar-refractivity contribution is 9.11. The lowest BCUT2D eigenvalue weighted by atomic mass is 9.99. The van der Waals surface area contributed by atoms with E-state index in [1.165, 1.54) is 12.1 Å². The highest BCUT2D eigenvalue weighted by atomic mass is 79.9. The summed E-state index contributed by atoms with van der Waals surface area (Å²) in [4.78, 5) is 0. The zero-order valence-corrected chi connectivity index (χ0v) is 14.7. The van der Waals surface area contributed by atoms with Gasteiger partial charge in [0, 0.05) is 20.0 Å². The summed E-state index contributed by atoms with van der Waals surface area (Å²) in [5, 5.41) is 3.83. The van der Waals surface area contributed by atoms with E-state index in [-0.39, 0.29) is 11.9 Å². The third kappa shape index (κ3) is 3.82. The fourth-order valence-corrected chi connectivity index (χ4v) is 3.59. The van der Waals surface area contributed by atoms with Gasteiger partial charge in [0.2, 0.25) is 0 Å². The molecule has 106 valence electrons. The molecule has 0 spiro atoms. The van der Waals surface area contributed by atoms with Gasteiger partial charge >= 0.3 is 0 Å². The van der Waals surface area contributed by atoms with Crippen LogP contribution in [0.2, 0.25) is 5.02 Å². The Bertz CT molecular complexity index is 619. The van der Waals surface area contributed by atoms with Gasteiger partial charge < -0.3 is 5.32 Å². The molecule has 0 aliphatic heterocycles. The molecule has 0 radical (unpaired) electrons. The van der Waals surface area contributed by atoms with Gasteiger partial charge in [0.15, 0.2) is 0 Å². The van der Waals surface area contributed by atoms with E-state index in [0.29, 0.717) is 11.4 Å². The van der Waals surface area contributed by atoms with Gasteiger partial charge in [-0.25, -0.2) is 4.39 Å². The highest BCUT2D eigenvalue weighted by Crippen LogP contribution is 2.30. The Morgan fingerprint density at radius 2 is 1.95 bits per heavy atom. The Morgan fingerprint density at radius 3 is 2.60 bits per heavy atom. The molecule has 1 nitrogen and oxygen atoms in total. The number of hydrogen-bond acceptors (Lipinski definition) is 1. The van der Waals surface area contributed by atoms with Crippen LogP contribution in [0.5, 0.6) is 0 Å². The molecule has 20 heavy (non-hydrogen) atoms. The van der Waals surface area contributed by atoms with Crippen LogP contribution in [0.25, 0.3) is 0 Å². The first kappa shape index (κ1) is 16.0. The molecule has 0 saturated heterocycles. The second kappa shape index (κ2) is 7.03. The third-order valence-corrected chi connectivity index (χ3v) is 4.67. The zero-order valence-electron chi connectivity index (χ0n) is 10.8.